The Bertz CT molecular complexity index is 673. The van der Waals surface area contributed by atoms with Crippen molar-refractivity contribution in [3.8, 4) is 0 Å². The number of likely N-dealkylation sites (tertiary alicyclic amines) is 1. The Kier molecular flexibility index (Phi) is 11.4. The smallest absolute Gasteiger partial charge is 0.409 e. The molecule has 8 nitrogen and oxygen atoms in total. The van der Waals surface area contributed by atoms with E-state index >= 15 is 0 Å². The van der Waals surface area contributed by atoms with Gasteiger partial charge in [0.1, 0.15) is 0 Å². The van der Waals surface area contributed by atoms with Crippen LogP contribution >= 0.6 is 24.0 Å². The molecule has 0 atom stereocenters. The molecule has 0 unspecified atom stereocenters. The van der Waals surface area contributed by atoms with Crippen LogP contribution in [0.15, 0.2) is 29.3 Å². The number of rotatable bonds is 7. The first-order valence-corrected chi connectivity index (χ1v) is 9.88. The van der Waals surface area contributed by atoms with Crippen molar-refractivity contribution in [3.05, 3.63) is 29.8 Å². The summed E-state index contributed by atoms with van der Waals surface area (Å²) in [6.07, 6.45) is 2.71. The topological polar surface area (TPSA) is 109 Å². The van der Waals surface area contributed by atoms with Crippen molar-refractivity contribution in [1.82, 2.24) is 10.2 Å². The summed E-state index contributed by atoms with van der Waals surface area (Å²) in [5, 5.41) is 6.08. The molecule has 2 rings (SSSR count). The molecule has 0 bridgehead atoms. The first kappa shape index (κ1) is 25.0. The van der Waals surface area contributed by atoms with Crippen LogP contribution in [0.25, 0.3) is 0 Å². The maximum atomic E-state index is 11.7. The van der Waals surface area contributed by atoms with Crippen molar-refractivity contribution >= 4 is 47.6 Å². The Morgan fingerprint density at radius 1 is 1.21 bits per heavy atom. The largest absolute Gasteiger partial charge is 0.450 e. The number of amides is 2. The Morgan fingerprint density at radius 2 is 1.86 bits per heavy atom. The van der Waals surface area contributed by atoms with Crippen LogP contribution in [0, 0.1) is 0 Å². The summed E-state index contributed by atoms with van der Waals surface area (Å²) in [4.78, 5) is 29.4. The molecule has 0 aromatic heterocycles. The number of piperidine rings is 1. The highest BCUT2D eigenvalue weighted by molar-refractivity contribution is 14.0. The van der Waals surface area contributed by atoms with Gasteiger partial charge in [0, 0.05) is 31.2 Å². The number of anilines is 1. The predicted molar refractivity (Wildman–Crippen MR) is 125 cm³/mol. The van der Waals surface area contributed by atoms with Crippen molar-refractivity contribution < 1.29 is 14.3 Å². The van der Waals surface area contributed by atoms with E-state index in [1.54, 1.807) is 11.8 Å². The highest BCUT2D eigenvalue weighted by Gasteiger charge is 2.23. The molecule has 4 N–H and O–H groups in total. The average Bonchev–Trinajstić information content (AvgIpc) is 2.68. The lowest BCUT2D eigenvalue weighted by atomic mass is 10.1. The average molecular weight is 517 g/mol. The van der Waals surface area contributed by atoms with Crippen molar-refractivity contribution in [2.75, 3.05) is 25.0 Å². The lowest BCUT2D eigenvalue weighted by Crippen LogP contribution is -2.48. The van der Waals surface area contributed by atoms with Gasteiger partial charge in [-0.25, -0.2) is 9.79 Å². The van der Waals surface area contributed by atoms with Crippen LogP contribution in [0.1, 0.15) is 45.1 Å². The van der Waals surface area contributed by atoms with Crippen LogP contribution in [-0.4, -0.2) is 48.6 Å². The van der Waals surface area contributed by atoms with Crippen LogP contribution in [-0.2, 0) is 16.1 Å². The Hall–Kier alpha value is -2.04. The van der Waals surface area contributed by atoms with E-state index in [9.17, 15) is 9.59 Å². The molecule has 9 heteroatoms. The molecular formula is C20H32IN5O3. The van der Waals surface area contributed by atoms with E-state index in [1.807, 2.05) is 31.2 Å². The van der Waals surface area contributed by atoms with E-state index in [0.29, 0.717) is 38.6 Å². The summed E-state index contributed by atoms with van der Waals surface area (Å²) in [5.74, 6) is 0.422. The minimum Gasteiger partial charge on any atom is -0.450 e. The van der Waals surface area contributed by atoms with Crippen molar-refractivity contribution in [1.29, 1.82) is 0 Å². The fourth-order valence-electron chi connectivity index (χ4n) is 3.00. The third-order valence-electron chi connectivity index (χ3n) is 4.52. The molecule has 1 aromatic rings. The van der Waals surface area contributed by atoms with Gasteiger partial charge in [0.15, 0.2) is 5.96 Å². The zero-order valence-corrected chi connectivity index (χ0v) is 19.5. The summed E-state index contributed by atoms with van der Waals surface area (Å²) < 4.78 is 5.02. The van der Waals surface area contributed by atoms with Crippen molar-refractivity contribution in [3.63, 3.8) is 0 Å². The number of hydrogen-bond donors (Lipinski definition) is 3. The number of nitrogens with one attached hydrogen (secondary N) is 2. The van der Waals surface area contributed by atoms with E-state index in [4.69, 9.17) is 10.5 Å². The third-order valence-corrected chi connectivity index (χ3v) is 4.52. The number of benzene rings is 1. The van der Waals surface area contributed by atoms with Gasteiger partial charge in [0.2, 0.25) is 5.91 Å². The van der Waals surface area contributed by atoms with Gasteiger partial charge >= 0.3 is 6.09 Å². The van der Waals surface area contributed by atoms with Crippen LogP contribution in [0.4, 0.5) is 10.5 Å². The lowest BCUT2D eigenvalue weighted by molar-refractivity contribution is -0.116. The number of nitrogens with zero attached hydrogens (tertiary/aromatic N) is 2. The fraction of sp³-hybridized carbons (Fsp3) is 0.550. The van der Waals surface area contributed by atoms with Crippen molar-refractivity contribution in [2.24, 2.45) is 10.7 Å². The van der Waals surface area contributed by atoms with Crippen LogP contribution < -0.4 is 16.4 Å². The van der Waals surface area contributed by atoms with Gasteiger partial charge in [-0.1, -0.05) is 19.1 Å². The first-order valence-electron chi connectivity index (χ1n) is 9.88. The maximum absolute atomic E-state index is 11.7. The van der Waals surface area contributed by atoms with Gasteiger partial charge in [0.05, 0.1) is 13.2 Å². The van der Waals surface area contributed by atoms with Gasteiger partial charge in [0.25, 0.3) is 0 Å². The van der Waals surface area contributed by atoms with E-state index in [0.717, 1.165) is 30.5 Å². The second kappa shape index (κ2) is 13.2. The summed E-state index contributed by atoms with van der Waals surface area (Å²) in [6.45, 7) is 5.93. The molecule has 1 fully saturated rings. The highest BCUT2D eigenvalue weighted by atomic mass is 127. The van der Waals surface area contributed by atoms with Gasteiger partial charge in [-0.15, -0.1) is 24.0 Å². The molecule has 0 radical (unpaired) electrons. The SMILES string of the molecule is CCCC(=O)Nc1ccc(CN=C(N)NC2CCN(C(=O)OCC)CC2)cc1.I. The molecule has 29 heavy (non-hydrogen) atoms. The molecule has 162 valence electrons. The molecule has 0 aliphatic carbocycles. The van der Waals surface area contributed by atoms with Gasteiger partial charge in [-0.2, -0.15) is 0 Å². The van der Waals surface area contributed by atoms with E-state index in [-0.39, 0.29) is 42.0 Å². The Morgan fingerprint density at radius 3 is 2.45 bits per heavy atom. The number of carbonyl (C=O) groups is 2. The van der Waals surface area contributed by atoms with Gasteiger partial charge in [-0.3, -0.25) is 4.79 Å². The molecule has 1 aliphatic heterocycles. The predicted octanol–water partition coefficient (Wildman–Crippen LogP) is 3.07. The Balaban J connectivity index is 0.00000420. The number of nitrogens with two attached hydrogens (primary N) is 1. The fourth-order valence-corrected chi connectivity index (χ4v) is 3.00. The maximum Gasteiger partial charge on any atom is 0.409 e. The molecule has 2 amide bonds. The van der Waals surface area contributed by atoms with Crippen LogP contribution in [0.3, 0.4) is 0 Å². The highest BCUT2D eigenvalue weighted by Crippen LogP contribution is 2.13. The second-order valence-electron chi connectivity index (χ2n) is 6.80. The van der Waals surface area contributed by atoms with E-state index < -0.39 is 0 Å². The minimum atomic E-state index is -0.253. The van der Waals surface area contributed by atoms with Gasteiger partial charge < -0.3 is 26.0 Å². The summed E-state index contributed by atoms with van der Waals surface area (Å²) in [7, 11) is 0. The normalized spacial score (nSPS) is 14.7. The number of hydrogen-bond acceptors (Lipinski definition) is 4. The zero-order chi connectivity index (χ0) is 20.4. The number of guanidine groups is 1. The number of halogens is 1. The van der Waals surface area contributed by atoms with E-state index in [1.165, 1.54) is 0 Å². The number of aliphatic imine (C=N–C) groups is 1. The second-order valence-corrected chi connectivity index (χ2v) is 6.80. The zero-order valence-electron chi connectivity index (χ0n) is 17.1. The monoisotopic (exact) mass is 517 g/mol. The standard InChI is InChI=1S/C20H31N5O3.HI/c1-3-5-18(26)23-16-8-6-15(7-9-16)14-22-19(21)24-17-10-12-25(13-11-17)20(27)28-4-2;/h6-9,17H,3-5,10-14H2,1-2H3,(H,23,26)(H3,21,22,24);1H. The molecule has 1 heterocycles. The minimum absolute atomic E-state index is 0. The third kappa shape index (κ3) is 8.88. The number of carbonyl (C=O) groups excluding carboxylic acids is 2. The van der Waals surface area contributed by atoms with Crippen LogP contribution in [0.5, 0.6) is 0 Å². The molecule has 1 aliphatic rings. The summed E-state index contributed by atoms with van der Waals surface area (Å²) in [5.41, 5.74) is 7.79. The molecule has 0 spiro atoms. The summed E-state index contributed by atoms with van der Waals surface area (Å²) >= 11 is 0. The van der Waals surface area contributed by atoms with Crippen LogP contribution in [0.2, 0.25) is 0 Å². The van der Waals surface area contributed by atoms with Gasteiger partial charge in [-0.05, 0) is 43.9 Å². The van der Waals surface area contributed by atoms with E-state index in [2.05, 4.69) is 15.6 Å². The molecule has 0 saturated carbocycles. The summed E-state index contributed by atoms with van der Waals surface area (Å²) in [6, 6.07) is 7.79. The Labute approximate surface area is 189 Å². The molecule has 1 aromatic carbocycles. The molecular weight excluding hydrogens is 485 g/mol. The quantitative estimate of drug-likeness (QED) is 0.293. The number of ether oxygens (including phenoxy) is 1. The molecule has 1 saturated heterocycles. The lowest BCUT2D eigenvalue weighted by Gasteiger charge is -2.31. The first-order chi connectivity index (χ1) is 13.5. The van der Waals surface area contributed by atoms with Crippen molar-refractivity contribution in [2.45, 2.75) is 52.1 Å².